The summed E-state index contributed by atoms with van der Waals surface area (Å²) >= 11 is 0. The van der Waals surface area contributed by atoms with Crippen LogP contribution in [0.1, 0.15) is 44.1 Å². The van der Waals surface area contributed by atoms with E-state index in [-0.39, 0.29) is 46.6 Å². The van der Waals surface area contributed by atoms with E-state index in [1.54, 1.807) is 6.07 Å². The lowest BCUT2D eigenvalue weighted by atomic mass is 9.92. The molecule has 0 amide bonds. The van der Waals surface area contributed by atoms with Gasteiger partial charge in [-0.15, -0.1) is 6.42 Å². The number of hydrogen-bond acceptors (Lipinski definition) is 7. The summed E-state index contributed by atoms with van der Waals surface area (Å²) in [6.07, 6.45) is 9.65. The van der Waals surface area contributed by atoms with Crippen LogP contribution in [0.25, 0.3) is 32.8 Å². The van der Waals surface area contributed by atoms with Crippen molar-refractivity contribution < 1.29 is 27.8 Å². The van der Waals surface area contributed by atoms with E-state index >= 15 is 4.39 Å². The predicted octanol–water partition coefficient (Wildman–Crippen LogP) is 6.12. The number of anilines is 1. The van der Waals surface area contributed by atoms with E-state index in [2.05, 4.69) is 20.7 Å². The third-order valence-corrected chi connectivity index (χ3v) is 9.91. The maximum Gasteiger partial charge on any atom is 0.319 e. The van der Waals surface area contributed by atoms with Crippen LogP contribution in [-0.2, 0) is 0 Å². The van der Waals surface area contributed by atoms with Crippen molar-refractivity contribution >= 4 is 27.5 Å². The van der Waals surface area contributed by atoms with Gasteiger partial charge in [0.15, 0.2) is 5.82 Å². The molecule has 4 aliphatic heterocycles. The van der Waals surface area contributed by atoms with Gasteiger partial charge >= 0.3 is 6.01 Å². The van der Waals surface area contributed by atoms with Crippen LogP contribution in [0.2, 0.25) is 0 Å². The Balaban J connectivity index is 1.34. The van der Waals surface area contributed by atoms with E-state index in [0.717, 1.165) is 45.2 Å². The Hall–Kier alpha value is -4.23. The Bertz CT molecular complexity index is 1880. The molecule has 0 unspecified atom stereocenters. The van der Waals surface area contributed by atoms with Crippen molar-refractivity contribution in [3.05, 3.63) is 47.5 Å². The number of alkyl halides is 1. The van der Waals surface area contributed by atoms with Gasteiger partial charge in [0.05, 0.1) is 23.1 Å². The normalized spacial score (nSPS) is 24.5. The molecule has 3 fully saturated rings. The second-order valence-corrected chi connectivity index (χ2v) is 12.4. The van der Waals surface area contributed by atoms with Gasteiger partial charge in [-0.1, -0.05) is 12.0 Å². The monoisotopic (exact) mass is 600 g/mol. The first-order chi connectivity index (χ1) is 21.3. The highest BCUT2D eigenvalue weighted by molar-refractivity contribution is 6.05. The number of ether oxygens (including phenoxy) is 2. The number of aromatic hydroxyl groups is 1. The van der Waals surface area contributed by atoms with Crippen LogP contribution in [-0.4, -0.2) is 70.6 Å². The summed E-state index contributed by atoms with van der Waals surface area (Å²) in [4.78, 5) is 13.8. The minimum atomic E-state index is -0.912. The average Bonchev–Trinajstić information content (AvgIpc) is 3.70. The minimum absolute atomic E-state index is 0.00392. The summed E-state index contributed by atoms with van der Waals surface area (Å²) in [6, 6.07) is 7.33. The molecule has 1 N–H and O–H groups in total. The third-order valence-electron chi connectivity index (χ3n) is 9.91. The molecule has 0 saturated carbocycles. The number of hydrogen-bond donors (Lipinski definition) is 1. The number of phenols is 1. The first-order valence-corrected chi connectivity index (χ1v) is 15.2. The van der Waals surface area contributed by atoms with Gasteiger partial charge in [-0.3, -0.25) is 4.90 Å². The molecule has 0 spiro atoms. The Labute approximate surface area is 252 Å². The highest BCUT2D eigenvalue weighted by atomic mass is 19.1. The second-order valence-electron chi connectivity index (χ2n) is 12.4. The number of nitrogens with zero attached hydrogens (tertiary/aromatic N) is 4. The molecule has 10 heteroatoms. The fraction of sp³-hybridized carbons (Fsp3) is 0.412. The molecule has 4 aromatic rings. The zero-order chi connectivity index (χ0) is 30.2. The predicted molar refractivity (Wildman–Crippen MR) is 161 cm³/mol. The first-order valence-electron chi connectivity index (χ1n) is 15.2. The summed E-state index contributed by atoms with van der Waals surface area (Å²) < 4.78 is 58.8. The van der Waals surface area contributed by atoms with E-state index in [4.69, 9.17) is 20.9 Å². The number of fused-ring (bicyclic) bond motifs is 4. The van der Waals surface area contributed by atoms with Gasteiger partial charge in [-0.2, -0.15) is 9.97 Å². The van der Waals surface area contributed by atoms with E-state index in [0.29, 0.717) is 47.3 Å². The Kier molecular flexibility index (Phi) is 6.31. The van der Waals surface area contributed by atoms with Crippen molar-refractivity contribution in [3.8, 4) is 41.0 Å². The van der Waals surface area contributed by atoms with Crippen molar-refractivity contribution in [1.82, 2.24) is 14.9 Å². The van der Waals surface area contributed by atoms with Gasteiger partial charge in [0, 0.05) is 42.9 Å². The summed E-state index contributed by atoms with van der Waals surface area (Å²) in [5.74, 6) is 1.88. The molecule has 5 heterocycles. The summed E-state index contributed by atoms with van der Waals surface area (Å²) in [7, 11) is 0. The number of phenolic OH excluding ortho intramolecular Hbond substituents is 1. The molecular weight excluding hydrogens is 569 g/mol. The highest BCUT2D eigenvalue weighted by Crippen LogP contribution is 2.46. The zero-order valence-corrected chi connectivity index (χ0v) is 24.1. The molecule has 0 bridgehead atoms. The van der Waals surface area contributed by atoms with E-state index < -0.39 is 23.3 Å². The molecule has 3 aromatic carbocycles. The molecule has 1 aromatic heterocycles. The summed E-state index contributed by atoms with van der Waals surface area (Å²) in [5, 5.41) is 11.8. The molecule has 44 heavy (non-hydrogen) atoms. The van der Waals surface area contributed by atoms with Gasteiger partial charge in [0.1, 0.15) is 41.4 Å². The summed E-state index contributed by atoms with van der Waals surface area (Å²) in [6.45, 7) is 2.57. The fourth-order valence-corrected chi connectivity index (χ4v) is 7.94. The smallest absolute Gasteiger partial charge is 0.319 e. The minimum Gasteiger partial charge on any atom is -0.508 e. The van der Waals surface area contributed by atoms with E-state index in [1.807, 2.05) is 0 Å². The Morgan fingerprint density at radius 2 is 1.98 bits per heavy atom. The van der Waals surface area contributed by atoms with Gasteiger partial charge in [0.25, 0.3) is 0 Å². The van der Waals surface area contributed by atoms with Crippen LogP contribution in [0.5, 0.6) is 17.5 Å². The molecule has 0 radical (unpaired) electrons. The van der Waals surface area contributed by atoms with Crippen LogP contribution in [0.3, 0.4) is 0 Å². The van der Waals surface area contributed by atoms with Crippen LogP contribution in [0, 0.1) is 24.0 Å². The van der Waals surface area contributed by atoms with Crippen molar-refractivity contribution in [2.24, 2.45) is 0 Å². The number of rotatable bonds is 4. The van der Waals surface area contributed by atoms with Crippen LogP contribution < -0.4 is 14.4 Å². The van der Waals surface area contributed by atoms with Crippen molar-refractivity contribution in [2.45, 2.75) is 56.3 Å². The SMILES string of the molecule is C#Cc1c(F)ccc2cc(O)cc(-c3cc4c5c(nc(OC[C@@]67CCCN6C[C@H](F)C7)nc5c3F)N3CCC[C@@H]3CCO4)c12. The number of benzene rings is 3. The number of terminal acetylenes is 1. The van der Waals surface area contributed by atoms with Gasteiger partial charge < -0.3 is 19.5 Å². The maximum atomic E-state index is 16.9. The van der Waals surface area contributed by atoms with Crippen LogP contribution in [0.4, 0.5) is 19.0 Å². The second kappa shape index (κ2) is 10.2. The molecule has 226 valence electrons. The lowest BCUT2D eigenvalue weighted by Crippen LogP contribution is -2.43. The molecule has 3 atom stereocenters. The molecule has 7 nitrogen and oxygen atoms in total. The molecule has 3 saturated heterocycles. The lowest BCUT2D eigenvalue weighted by molar-refractivity contribution is 0.107. The van der Waals surface area contributed by atoms with Crippen molar-refractivity contribution in [1.29, 1.82) is 0 Å². The average molecular weight is 601 g/mol. The van der Waals surface area contributed by atoms with Crippen LogP contribution in [0.15, 0.2) is 30.3 Å². The first kappa shape index (κ1) is 27.3. The largest absolute Gasteiger partial charge is 0.508 e. The highest BCUT2D eigenvalue weighted by Gasteiger charge is 2.49. The van der Waals surface area contributed by atoms with Crippen molar-refractivity contribution in [2.75, 3.05) is 37.7 Å². The quantitative estimate of drug-likeness (QED) is 0.283. The molecule has 0 aliphatic carbocycles. The Morgan fingerprint density at radius 1 is 1.09 bits per heavy atom. The topological polar surface area (TPSA) is 71.0 Å². The number of halogens is 3. The van der Waals surface area contributed by atoms with Gasteiger partial charge in [0.2, 0.25) is 0 Å². The maximum absolute atomic E-state index is 16.9. The van der Waals surface area contributed by atoms with Crippen LogP contribution >= 0.6 is 0 Å². The van der Waals surface area contributed by atoms with E-state index in [1.165, 1.54) is 24.3 Å². The summed E-state index contributed by atoms with van der Waals surface area (Å²) in [5.41, 5.74) is -0.187. The van der Waals surface area contributed by atoms with E-state index in [9.17, 15) is 13.9 Å². The standard InChI is InChI=1S/C34H31F3N4O3/c1-2-23-26(36)7-6-19-13-22(42)14-24(28(19)23)25-15-27-29-31(30(25)37)38-33(39-32(29)41-11-3-5-21(41)8-12-43-27)44-18-34-9-4-10-40(34)17-20(35)16-34/h1,6-7,13-15,20-21,42H,3-5,8-12,16-18H2/t20-,21-,34+/m1/s1. The van der Waals surface area contributed by atoms with Gasteiger partial charge in [-0.05, 0) is 67.4 Å². The zero-order valence-electron chi connectivity index (χ0n) is 24.1. The van der Waals surface area contributed by atoms with Crippen molar-refractivity contribution in [3.63, 3.8) is 0 Å². The number of aromatic nitrogens is 2. The molecule has 4 aliphatic rings. The third kappa shape index (κ3) is 4.16. The fourth-order valence-electron chi connectivity index (χ4n) is 7.94. The Morgan fingerprint density at radius 3 is 2.84 bits per heavy atom. The molecular formula is C34H31F3N4O3. The molecule has 8 rings (SSSR count). The lowest BCUT2D eigenvalue weighted by Gasteiger charge is -2.32. The van der Waals surface area contributed by atoms with Gasteiger partial charge in [-0.25, -0.2) is 13.2 Å².